The number of hydrogen-bond donors (Lipinski definition) is 0. The summed E-state index contributed by atoms with van der Waals surface area (Å²) in [6, 6.07) is 17.3. The lowest BCUT2D eigenvalue weighted by molar-refractivity contribution is -0.138. The minimum Gasteiger partial charge on any atom is -0.172 e. The molecule has 50 heavy (non-hydrogen) atoms. The summed E-state index contributed by atoms with van der Waals surface area (Å²) in [5, 5.41) is 21.0. The summed E-state index contributed by atoms with van der Waals surface area (Å²) >= 11 is 0. The quantitative estimate of drug-likeness (QED) is 0.134. The number of rotatable bonds is 2. The fourth-order valence-corrected chi connectivity index (χ4v) is 6.64. The Morgan fingerprint density at radius 1 is 0.420 bits per heavy atom. The van der Waals surface area contributed by atoms with Gasteiger partial charge in [-0.25, -0.2) is 0 Å². The van der Waals surface area contributed by atoms with E-state index in [1.165, 1.54) is 24.3 Å². The molecule has 246 valence electrons. The molecule has 0 saturated heterocycles. The predicted octanol–water partition coefficient (Wildman–Crippen LogP) is 10.3. The molecule has 7 aromatic carbocycles. The van der Waals surface area contributed by atoms with Gasteiger partial charge >= 0.3 is 18.5 Å². The number of halogens is 9. The zero-order valence-electron chi connectivity index (χ0n) is 24.9. The van der Waals surface area contributed by atoms with E-state index in [4.69, 9.17) is 0 Å². The molecule has 0 saturated carbocycles. The standard InChI is InChI=1S/C37H15F9N4/c38-35(39,40)20-9-5-18(6-10-20)27-29-23-3-1-2-4-25(23)33(49-16-47)31(29)28(19-7-11-21(12-8-19)36(41,42)43)30-24-14-13-22(37(44,45)46)15-26(24)34(32(27)30)50-17-48/h1-15H. The van der Waals surface area contributed by atoms with E-state index in [1.807, 2.05) is 0 Å². The number of benzene rings is 5. The van der Waals surface area contributed by atoms with Crippen LogP contribution < -0.4 is 10.7 Å². The van der Waals surface area contributed by atoms with Gasteiger partial charge in [0.1, 0.15) is 0 Å². The van der Waals surface area contributed by atoms with Gasteiger partial charge < -0.3 is 0 Å². The first-order chi connectivity index (χ1) is 23.6. The van der Waals surface area contributed by atoms with E-state index in [-0.39, 0.29) is 65.3 Å². The van der Waals surface area contributed by atoms with Crippen LogP contribution in [0, 0.1) is 22.9 Å². The second-order valence-electron chi connectivity index (χ2n) is 11.3. The summed E-state index contributed by atoms with van der Waals surface area (Å²) in [4.78, 5) is 8.01. The van der Waals surface area contributed by atoms with Gasteiger partial charge in [-0.3, -0.25) is 0 Å². The Labute approximate surface area is 274 Å². The highest BCUT2D eigenvalue weighted by atomic mass is 19.4. The largest absolute Gasteiger partial charge is 0.416 e. The molecule has 0 bridgehead atoms. The molecule has 7 rings (SSSR count). The number of fused-ring (bicyclic) bond motifs is 6. The van der Waals surface area contributed by atoms with Gasteiger partial charge in [-0.2, -0.15) is 60.0 Å². The molecule has 0 spiro atoms. The minimum atomic E-state index is -4.82. The Morgan fingerprint density at radius 2 is 0.800 bits per heavy atom. The fourth-order valence-electron chi connectivity index (χ4n) is 6.64. The zero-order valence-corrected chi connectivity index (χ0v) is 24.9. The van der Waals surface area contributed by atoms with Crippen molar-refractivity contribution in [3.05, 3.63) is 118 Å². The number of nitrogens with zero attached hydrogens (tertiary/aromatic N) is 4. The topological polar surface area (TPSA) is 72.3 Å². The van der Waals surface area contributed by atoms with Crippen LogP contribution in [-0.2, 0) is 18.5 Å². The maximum Gasteiger partial charge on any atom is 0.416 e. The lowest BCUT2D eigenvalue weighted by atomic mass is 9.87. The fraction of sp³-hybridized carbons (Fsp3) is 0.0811. The van der Waals surface area contributed by atoms with Crippen molar-refractivity contribution in [2.45, 2.75) is 18.5 Å². The highest BCUT2D eigenvalue weighted by Gasteiger charge is 2.34. The predicted molar refractivity (Wildman–Crippen MR) is 167 cm³/mol. The van der Waals surface area contributed by atoms with Crippen molar-refractivity contribution in [1.82, 2.24) is 0 Å². The maximum absolute atomic E-state index is 14.0. The van der Waals surface area contributed by atoms with Crippen molar-refractivity contribution >= 4 is 43.1 Å². The van der Waals surface area contributed by atoms with Gasteiger partial charge in [0.25, 0.3) is 0 Å². The van der Waals surface area contributed by atoms with Crippen LogP contribution in [0.5, 0.6) is 0 Å². The second-order valence-corrected chi connectivity index (χ2v) is 11.3. The van der Waals surface area contributed by atoms with Crippen molar-refractivity contribution in [3.63, 3.8) is 0 Å². The van der Waals surface area contributed by atoms with Crippen molar-refractivity contribution in [2.24, 2.45) is 9.98 Å². The first kappa shape index (κ1) is 32.3. The third-order valence-electron chi connectivity index (χ3n) is 8.62. The van der Waals surface area contributed by atoms with Crippen molar-refractivity contribution < 1.29 is 39.5 Å². The van der Waals surface area contributed by atoms with Crippen LogP contribution in [0.4, 0.5) is 39.5 Å². The summed E-state index contributed by atoms with van der Waals surface area (Å²) in [5.41, 5.74) is -2.37. The van der Waals surface area contributed by atoms with Crippen LogP contribution in [0.3, 0.4) is 0 Å². The van der Waals surface area contributed by atoms with Gasteiger partial charge in [0.2, 0.25) is 12.4 Å². The molecule has 0 aliphatic heterocycles. The molecule has 13 heteroatoms. The Balaban J connectivity index is 1.83. The smallest absolute Gasteiger partial charge is 0.172 e. The van der Waals surface area contributed by atoms with Gasteiger partial charge in [0.15, 0.2) is 0 Å². The molecule has 0 fully saturated rings. The van der Waals surface area contributed by atoms with Gasteiger partial charge in [-0.1, -0.05) is 54.6 Å². The highest BCUT2D eigenvalue weighted by molar-refractivity contribution is 6.34. The maximum atomic E-state index is 14.0. The van der Waals surface area contributed by atoms with Crippen LogP contribution in [0.15, 0.2) is 101 Å². The van der Waals surface area contributed by atoms with Crippen LogP contribution in [0.25, 0.3) is 65.3 Å². The van der Waals surface area contributed by atoms with E-state index in [2.05, 4.69) is 9.98 Å². The Morgan fingerprint density at radius 3 is 1.22 bits per heavy atom. The molecule has 0 atom stereocenters. The molecule has 7 aromatic rings. The molecule has 0 N–H and O–H groups in total. The first-order valence-corrected chi connectivity index (χ1v) is 14.5. The van der Waals surface area contributed by atoms with E-state index in [0.717, 1.165) is 42.5 Å². The summed E-state index contributed by atoms with van der Waals surface area (Å²) in [7, 11) is 0. The third-order valence-corrected chi connectivity index (χ3v) is 8.62. The SMILES string of the molecule is N#CN=c1c2ccccc2c2c(-c3ccc(C(F)(F)F)cc3)c3c(=NC#N)c4cc(C(F)(F)F)ccc4c3c(-c3ccc(C(F)(F)F)cc3)c12. The molecule has 4 nitrogen and oxygen atoms in total. The summed E-state index contributed by atoms with van der Waals surface area (Å²) in [6.45, 7) is 0. The zero-order chi connectivity index (χ0) is 35.7. The lowest BCUT2D eigenvalue weighted by Gasteiger charge is -2.16. The molecule has 0 aliphatic carbocycles. The first-order valence-electron chi connectivity index (χ1n) is 14.5. The average molecular weight is 687 g/mol. The van der Waals surface area contributed by atoms with Crippen LogP contribution in [-0.4, -0.2) is 0 Å². The van der Waals surface area contributed by atoms with E-state index < -0.39 is 35.2 Å². The molecular weight excluding hydrogens is 671 g/mol. The van der Waals surface area contributed by atoms with E-state index in [1.54, 1.807) is 36.7 Å². The third kappa shape index (κ3) is 5.01. The number of hydrogen-bond acceptors (Lipinski definition) is 4. The summed E-state index contributed by atoms with van der Waals surface area (Å²) < 4.78 is 124. The minimum absolute atomic E-state index is 0.0716. The molecule has 0 aliphatic rings. The van der Waals surface area contributed by atoms with Crippen molar-refractivity contribution in [3.8, 4) is 34.6 Å². The second kappa shape index (κ2) is 11.2. The lowest BCUT2D eigenvalue weighted by Crippen LogP contribution is -2.07. The van der Waals surface area contributed by atoms with E-state index >= 15 is 0 Å². The van der Waals surface area contributed by atoms with Crippen LogP contribution in [0.1, 0.15) is 16.7 Å². The van der Waals surface area contributed by atoms with Crippen molar-refractivity contribution in [2.75, 3.05) is 0 Å². The average Bonchev–Trinajstić information content (AvgIpc) is 3.56. The Kier molecular flexibility index (Phi) is 7.23. The monoisotopic (exact) mass is 686 g/mol. The highest BCUT2D eigenvalue weighted by Crippen LogP contribution is 2.48. The Hall–Kier alpha value is -6.21. The van der Waals surface area contributed by atoms with E-state index in [9.17, 15) is 50.0 Å². The summed E-state index contributed by atoms with van der Waals surface area (Å²) in [5.74, 6) is 0. The van der Waals surface area contributed by atoms with Crippen LogP contribution >= 0.6 is 0 Å². The molecule has 0 heterocycles. The van der Waals surface area contributed by atoms with Crippen LogP contribution in [0.2, 0.25) is 0 Å². The van der Waals surface area contributed by atoms with Gasteiger partial charge in [0.05, 0.1) is 27.4 Å². The van der Waals surface area contributed by atoms with Crippen molar-refractivity contribution in [1.29, 1.82) is 10.5 Å². The molecule has 0 unspecified atom stereocenters. The van der Waals surface area contributed by atoms with Gasteiger partial charge in [-0.15, -0.1) is 0 Å². The van der Waals surface area contributed by atoms with E-state index in [0.29, 0.717) is 10.8 Å². The molecular formula is C37H15F9N4. The molecule has 0 aromatic heterocycles. The molecule has 0 amide bonds. The van der Waals surface area contributed by atoms with Gasteiger partial charge in [0, 0.05) is 43.4 Å². The number of alkyl halides is 9. The Bertz CT molecular complexity index is 2660. The summed E-state index contributed by atoms with van der Waals surface area (Å²) in [6.07, 6.45) is -10.9. The number of nitriles is 2. The van der Waals surface area contributed by atoms with Gasteiger partial charge in [-0.05, 0) is 58.3 Å². The normalized spacial score (nSPS) is 13.5. The molecule has 0 radical (unpaired) electrons.